The third-order valence-corrected chi connectivity index (χ3v) is 3.66. The monoisotopic (exact) mass is 312 g/mol. The quantitative estimate of drug-likeness (QED) is 0.637. The highest BCUT2D eigenvalue weighted by Crippen LogP contribution is 2.17. The van der Waals surface area contributed by atoms with E-state index in [0.29, 0.717) is 10.7 Å². The van der Waals surface area contributed by atoms with Gasteiger partial charge in [0, 0.05) is 11.3 Å². The standard InChI is InChI=1S/C18H20N2OS/c1-3-17(14-8-5-4-6-9-14)20-18(22)19-16-11-7-10-15(12-16)13(2)21/h4-12,17H,3H2,1-2H3,(H2,19,20,22). The minimum Gasteiger partial charge on any atom is -0.356 e. The number of benzene rings is 2. The molecule has 0 aromatic heterocycles. The van der Waals surface area contributed by atoms with Crippen LogP contribution < -0.4 is 10.6 Å². The highest BCUT2D eigenvalue weighted by molar-refractivity contribution is 7.80. The zero-order valence-corrected chi connectivity index (χ0v) is 13.6. The summed E-state index contributed by atoms with van der Waals surface area (Å²) in [4.78, 5) is 11.4. The fourth-order valence-corrected chi connectivity index (χ4v) is 2.51. The maximum atomic E-state index is 11.4. The average molecular weight is 312 g/mol. The Morgan fingerprint density at radius 1 is 1.14 bits per heavy atom. The molecule has 22 heavy (non-hydrogen) atoms. The van der Waals surface area contributed by atoms with E-state index >= 15 is 0 Å². The van der Waals surface area contributed by atoms with Gasteiger partial charge in [0.1, 0.15) is 0 Å². The molecule has 1 atom stereocenters. The van der Waals surface area contributed by atoms with Crippen LogP contribution in [-0.4, -0.2) is 10.9 Å². The summed E-state index contributed by atoms with van der Waals surface area (Å²) in [7, 11) is 0. The molecule has 0 bridgehead atoms. The zero-order valence-electron chi connectivity index (χ0n) is 12.8. The van der Waals surface area contributed by atoms with Crippen molar-refractivity contribution in [2.45, 2.75) is 26.3 Å². The first-order chi connectivity index (χ1) is 10.6. The van der Waals surface area contributed by atoms with Gasteiger partial charge in [0.25, 0.3) is 0 Å². The van der Waals surface area contributed by atoms with Crippen LogP contribution >= 0.6 is 12.2 Å². The second-order valence-corrected chi connectivity index (χ2v) is 5.52. The third-order valence-electron chi connectivity index (χ3n) is 3.44. The molecule has 0 saturated heterocycles. The van der Waals surface area contributed by atoms with Crippen molar-refractivity contribution in [3.63, 3.8) is 0 Å². The van der Waals surface area contributed by atoms with Crippen molar-refractivity contribution in [3.05, 3.63) is 65.7 Å². The molecule has 0 fully saturated rings. The first kappa shape index (κ1) is 16.2. The largest absolute Gasteiger partial charge is 0.356 e. The van der Waals surface area contributed by atoms with Crippen LogP contribution in [0.25, 0.3) is 0 Å². The number of hydrogen-bond donors (Lipinski definition) is 2. The van der Waals surface area contributed by atoms with Crippen LogP contribution in [0.15, 0.2) is 54.6 Å². The Hall–Kier alpha value is -2.20. The Morgan fingerprint density at radius 2 is 1.86 bits per heavy atom. The van der Waals surface area contributed by atoms with Gasteiger partial charge in [-0.25, -0.2) is 0 Å². The summed E-state index contributed by atoms with van der Waals surface area (Å²) < 4.78 is 0. The van der Waals surface area contributed by atoms with Crippen molar-refractivity contribution in [1.29, 1.82) is 0 Å². The van der Waals surface area contributed by atoms with Gasteiger partial charge in [-0.3, -0.25) is 4.79 Å². The minimum absolute atomic E-state index is 0.0400. The first-order valence-corrected chi connectivity index (χ1v) is 7.74. The predicted molar refractivity (Wildman–Crippen MR) is 95.3 cm³/mol. The molecule has 0 aliphatic rings. The molecule has 3 nitrogen and oxygen atoms in total. The van der Waals surface area contributed by atoms with Gasteiger partial charge < -0.3 is 10.6 Å². The van der Waals surface area contributed by atoms with Crippen LogP contribution in [0, 0.1) is 0 Å². The second kappa shape index (κ2) is 7.71. The summed E-state index contributed by atoms with van der Waals surface area (Å²) in [6, 6.07) is 17.7. The molecule has 0 heterocycles. The summed E-state index contributed by atoms with van der Waals surface area (Å²) in [6.07, 6.45) is 0.930. The number of anilines is 1. The van der Waals surface area contributed by atoms with E-state index in [2.05, 4.69) is 29.7 Å². The molecule has 0 saturated carbocycles. The first-order valence-electron chi connectivity index (χ1n) is 7.33. The van der Waals surface area contributed by atoms with Crippen molar-refractivity contribution in [3.8, 4) is 0 Å². The Labute approximate surface area is 136 Å². The van der Waals surface area contributed by atoms with Crippen LogP contribution in [0.5, 0.6) is 0 Å². The fraction of sp³-hybridized carbons (Fsp3) is 0.222. The van der Waals surface area contributed by atoms with Crippen LogP contribution in [0.4, 0.5) is 5.69 Å². The molecule has 0 spiro atoms. The van der Waals surface area contributed by atoms with Crippen molar-refractivity contribution < 1.29 is 4.79 Å². The van der Waals surface area contributed by atoms with E-state index in [1.54, 1.807) is 19.1 Å². The highest BCUT2D eigenvalue weighted by atomic mass is 32.1. The van der Waals surface area contributed by atoms with Crippen LogP contribution in [0.2, 0.25) is 0 Å². The predicted octanol–water partition coefficient (Wildman–Crippen LogP) is 4.33. The SMILES string of the molecule is CCC(NC(=S)Nc1cccc(C(C)=O)c1)c1ccccc1. The molecule has 0 amide bonds. The number of thiocarbonyl (C=S) groups is 1. The van der Waals surface area contributed by atoms with Gasteiger partial charge in [-0.15, -0.1) is 0 Å². The summed E-state index contributed by atoms with van der Waals surface area (Å²) in [5, 5.41) is 7.01. The Morgan fingerprint density at radius 3 is 2.50 bits per heavy atom. The van der Waals surface area contributed by atoms with Crippen molar-refractivity contribution in [2.75, 3.05) is 5.32 Å². The molecule has 2 rings (SSSR count). The van der Waals surface area contributed by atoms with E-state index < -0.39 is 0 Å². The number of Topliss-reactive ketones (excluding diaryl/α,β-unsaturated/α-hetero) is 1. The molecule has 2 aromatic rings. The van der Waals surface area contributed by atoms with E-state index in [4.69, 9.17) is 12.2 Å². The summed E-state index contributed by atoms with van der Waals surface area (Å²) in [5.41, 5.74) is 2.68. The lowest BCUT2D eigenvalue weighted by Gasteiger charge is -2.20. The van der Waals surface area contributed by atoms with Crippen LogP contribution in [0.1, 0.15) is 42.2 Å². The average Bonchev–Trinajstić information content (AvgIpc) is 2.53. The van der Waals surface area contributed by atoms with E-state index in [-0.39, 0.29) is 11.8 Å². The Bertz CT molecular complexity index is 655. The molecule has 2 N–H and O–H groups in total. The number of rotatable bonds is 5. The maximum absolute atomic E-state index is 11.4. The number of nitrogens with one attached hydrogen (secondary N) is 2. The lowest BCUT2D eigenvalue weighted by atomic mass is 10.1. The molecule has 0 aliphatic carbocycles. The molecular formula is C18H20N2OS. The van der Waals surface area contributed by atoms with Crippen molar-refractivity contribution >= 4 is 28.8 Å². The summed E-state index contributed by atoms with van der Waals surface area (Å²) in [6.45, 7) is 3.67. The van der Waals surface area contributed by atoms with Gasteiger partial charge in [0.2, 0.25) is 0 Å². The summed E-state index contributed by atoms with van der Waals surface area (Å²) in [5.74, 6) is 0.0400. The third kappa shape index (κ3) is 4.40. The topological polar surface area (TPSA) is 41.1 Å². The van der Waals surface area contributed by atoms with Crippen molar-refractivity contribution in [1.82, 2.24) is 5.32 Å². The Kier molecular flexibility index (Phi) is 5.67. The Balaban J connectivity index is 2.03. The molecule has 4 heteroatoms. The summed E-state index contributed by atoms with van der Waals surface area (Å²) >= 11 is 5.38. The van der Waals surface area contributed by atoms with Gasteiger partial charge in [0.15, 0.2) is 10.9 Å². The lowest BCUT2D eigenvalue weighted by Crippen LogP contribution is -2.32. The second-order valence-electron chi connectivity index (χ2n) is 5.11. The van der Waals surface area contributed by atoms with Crippen LogP contribution in [-0.2, 0) is 0 Å². The lowest BCUT2D eigenvalue weighted by molar-refractivity contribution is 0.101. The maximum Gasteiger partial charge on any atom is 0.171 e. The smallest absolute Gasteiger partial charge is 0.171 e. The minimum atomic E-state index is 0.0400. The number of hydrogen-bond acceptors (Lipinski definition) is 2. The van der Waals surface area contributed by atoms with Crippen molar-refractivity contribution in [2.24, 2.45) is 0 Å². The van der Waals surface area contributed by atoms with E-state index in [1.165, 1.54) is 5.56 Å². The van der Waals surface area contributed by atoms with Gasteiger partial charge in [-0.05, 0) is 43.3 Å². The highest BCUT2D eigenvalue weighted by Gasteiger charge is 2.10. The number of ketones is 1. The number of carbonyl (C=O) groups is 1. The van der Waals surface area contributed by atoms with E-state index in [9.17, 15) is 4.79 Å². The number of carbonyl (C=O) groups excluding carboxylic acids is 1. The fourth-order valence-electron chi connectivity index (χ4n) is 2.25. The molecule has 114 valence electrons. The van der Waals surface area contributed by atoms with E-state index in [0.717, 1.165) is 12.1 Å². The van der Waals surface area contributed by atoms with E-state index in [1.807, 2.05) is 30.3 Å². The molecule has 0 radical (unpaired) electrons. The van der Waals surface area contributed by atoms with Crippen LogP contribution in [0.3, 0.4) is 0 Å². The normalized spacial score (nSPS) is 11.5. The van der Waals surface area contributed by atoms with Gasteiger partial charge >= 0.3 is 0 Å². The van der Waals surface area contributed by atoms with Gasteiger partial charge in [0.05, 0.1) is 6.04 Å². The van der Waals surface area contributed by atoms with Gasteiger partial charge in [-0.1, -0.05) is 49.4 Å². The molecular weight excluding hydrogens is 292 g/mol. The zero-order chi connectivity index (χ0) is 15.9. The molecule has 2 aromatic carbocycles. The molecule has 1 unspecified atom stereocenters. The molecule has 0 aliphatic heterocycles. The van der Waals surface area contributed by atoms with Gasteiger partial charge in [-0.2, -0.15) is 0 Å².